The third kappa shape index (κ3) is 3.08. The molecule has 0 aromatic heterocycles. The van der Waals surface area contributed by atoms with Crippen molar-refractivity contribution in [2.75, 3.05) is 13.2 Å². The fourth-order valence-corrected chi connectivity index (χ4v) is 4.16. The summed E-state index contributed by atoms with van der Waals surface area (Å²) in [6, 6.07) is 0.797. The van der Waals surface area contributed by atoms with E-state index in [2.05, 4.69) is 30.6 Å². The van der Waals surface area contributed by atoms with Crippen molar-refractivity contribution >= 4 is 5.91 Å². The van der Waals surface area contributed by atoms with Gasteiger partial charge in [-0.05, 0) is 50.4 Å². The number of carbonyl (C=O) groups is 1. The van der Waals surface area contributed by atoms with Crippen LogP contribution in [0.5, 0.6) is 0 Å². The lowest BCUT2D eigenvalue weighted by atomic mass is 9.84. The fourth-order valence-electron chi connectivity index (χ4n) is 4.16. The minimum Gasteiger partial charge on any atom is -0.381 e. The van der Waals surface area contributed by atoms with E-state index in [0.717, 1.165) is 38.4 Å². The number of rotatable bonds is 4. The highest BCUT2D eigenvalue weighted by molar-refractivity contribution is 5.78. The van der Waals surface area contributed by atoms with Crippen molar-refractivity contribution in [1.82, 2.24) is 4.90 Å². The lowest BCUT2D eigenvalue weighted by molar-refractivity contribution is -0.133. The first kappa shape index (κ1) is 14.8. The van der Waals surface area contributed by atoms with Crippen molar-refractivity contribution in [3.63, 3.8) is 0 Å². The van der Waals surface area contributed by atoms with Gasteiger partial charge in [-0.15, -0.1) is 6.58 Å². The fraction of sp³-hybridized carbons (Fsp3) is 0.722. The number of carbonyl (C=O) groups excluding carboxylic acids is 1. The molecule has 5 unspecified atom stereocenters. The number of hydrogen-bond donors (Lipinski definition) is 0. The van der Waals surface area contributed by atoms with E-state index in [9.17, 15) is 4.79 Å². The molecule has 21 heavy (non-hydrogen) atoms. The Morgan fingerprint density at radius 3 is 2.90 bits per heavy atom. The molecule has 2 heterocycles. The maximum Gasteiger partial charge on any atom is 0.223 e. The van der Waals surface area contributed by atoms with Crippen LogP contribution in [0.25, 0.3) is 0 Å². The standard InChI is InChI=1S/C18H27NO2/c1-3-5-13-6-8-21-9-7-14(13)12-18(20)19-16(4-2)10-15-11-17(15)19/h3-5,13-17H,2,6-12H2,1H3. The van der Waals surface area contributed by atoms with Gasteiger partial charge < -0.3 is 9.64 Å². The predicted octanol–water partition coefficient (Wildman–Crippen LogP) is 3.17. The zero-order valence-electron chi connectivity index (χ0n) is 13.0. The Labute approximate surface area is 128 Å². The van der Waals surface area contributed by atoms with Crippen molar-refractivity contribution in [3.05, 3.63) is 24.8 Å². The van der Waals surface area contributed by atoms with Gasteiger partial charge in [-0.2, -0.15) is 0 Å². The van der Waals surface area contributed by atoms with E-state index < -0.39 is 0 Å². The Morgan fingerprint density at radius 1 is 1.33 bits per heavy atom. The number of piperidine rings is 1. The third-order valence-electron chi connectivity index (χ3n) is 5.41. The number of fused-ring (bicyclic) bond motifs is 1. The van der Waals surface area contributed by atoms with E-state index in [1.807, 2.05) is 6.08 Å². The van der Waals surface area contributed by atoms with E-state index >= 15 is 0 Å². The average Bonchev–Trinajstić information content (AvgIpc) is 3.19. The van der Waals surface area contributed by atoms with Gasteiger partial charge in [0.2, 0.25) is 5.91 Å². The molecule has 5 atom stereocenters. The van der Waals surface area contributed by atoms with Gasteiger partial charge in [0.15, 0.2) is 0 Å². The molecule has 3 heteroatoms. The number of likely N-dealkylation sites (tertiary alicyclic amines) is 1. The SMILES string of the molecule is C=CC1CC2CC2N1C(=O)CC1CCOCCC1C=CC. The predicted molar refractivity (Wildman–Crippen MR) is 83.8 cm³/mol. The second-order valence-corrected chi connectivity index (χ2v) is 6.75. The highest BCUT2D eigenvalue weighted by Crippen LogP contribution is 2.48. The van der Waals surface area contributed by atoms with E-state index in [1.165, 1.54) is 6.42 Å². The first-order valence-corrected chi connectivity index (χ1v) is 8.39. The van der Waals surface area contributed by atoms with Crippen molar-refractivity contribution in [2.45, 2.75) is 51.1 Å². The number of amides is 1. The second-order valence-electron chi connectivity index (χ2n) is 6.75. The maximum absolute atomic E-state index is 12.8. The van der Waals surface area contributed by atoms with Crippen molar-refractivity contribution in [2.24, 2.45) is 17.8 Å². The monoisotopic (exact) mass is 289 g/mol. The molecule has 0 N–H and O–H groups in total. The first-order valence-electron chi connectivity index (χ1n) is 8.39. The minimum absolute atomic E-state index is 0.281. The Bertz CT molecular complexity index is 431. The number of hydrogen-bond acceptors (Lipinski definition) is 2. The van der Waals surface area contributed by atoms with Gasteiger partial charge in [0.1, 0.15) is 0 Å². The Kier molecular flexibility index (Phi) is 4.48. The normalized spacial score (nSPS) is 39.1. The summed E-state index contributed by atoms with van der Waals surface area (Å²) in [5, 5.41) is 0. The quantitative estimate of drug-likeness (QED) is 0.744. The molecule has 2 saturated heterocycles. The Morgan fingerprint density at radius 2 is 2.14 bits per heavy atom. The molecule has 0 radical (unpaired) electrons. The molecule has 1 amide bonds. The van der Waals surface area contributed by atoms with Crippen LogP contribution in [0.15, 0.2) is 24.8 Å². The molecule has 0 bridgehead atoms. The van der Waals surface area contributed by atoms with Gasteiger partial charge in [-0.25, -0.2) is 0 Å². The molecule has 2 aliphatic heterocycles. The molecule has 116 valence electrons. The van der Waals surface area contributed by atoms with Gasteiger partial charge >= 0.3 is 0 Å². The number of nitrogens with zero attached hydrogens (tertiary/aromatic N) is 1. The molecule has 0 spiro atoms. The Hall–Kier alpha value is -1.09. The summed E-state index contributed by atoms with van der Waals surface area (Å²) in [4.78, 5) is 14.9. The Balaban J connectivity index is 1.65. The van der Waals surface area contributed by atoms with Crippen LogP contribution in [0.2, 0.25) is 0 Å². The van der Waals surface area contributed by atoms with Gasteiger partial charge in [0.25, 0.3) is 0 Å². The van der Waals surface area contributed by atoms with Gasteiger partial charge in [-0.1, -0.05) is 18.2 Å². The second kappa shape index (κ2) is 6.35. The summed E-state index contributed by atoms with van der Waals surface area (Å²) in [6.07, 6.45) is 11.4. The lowest BCUT2D eigenvalue weighted by Gasteiger charge is -2.29. The smallest absolute Gasteiger partial charge is 0.223 e. The topological polar surface area (TPSA) is 29.5 Å². The molecule has 3 aliphatic rings. The average molecular weight is 289 g/mol. The van der Waals surface area contributed by atoms with E-state index in [4.69, 9.17) is 4.74 Å². The van der Waals surface area contributed by atoms with Crippen LogP contribution in [-0.2, 0) is 9.53 Å². The van der Waals surface area contributed by atoms with E-state index in [1.54, 1.807) is 0 Å². The van der Waals surface area contributed by atoms with Gasteiger partial charge in [0, 0.05) is 25.7 Å². The van der Waals surface area contributed by atoms with E-state index in [0.29, 0.717) is 30.2 Å². The van der Waals surface area contributed by atoms with E-state index in [-0.39, 0.29) is 6.04 Å². The summed E-state index contributed by atoms with van der Waals surface area (Å²) in [6.45, 7) is 7.59. The summed E-state index contributed by atoms with van der Waals surface area (Å²) in [5.41, 5.74) is 0. The zero-order valence-corrected chi connectivity index (χ0v) is 13.0. The molecule has 3 rings (SSSR count). The molecule has 1 saturated carbocycles. The molecule has 3 fully saturated rings. The molecule has 0 aromatic carbocycles. The van der Waals surface area contributed by atoms with Gasteiger partial charge in [0.05, 0.1) is 6.04 Å². The lowest BCUT2D eigenvalue weighted by Crippen LogP contribution is -2.38. The van der Waals surface area contributed by atoms with Crippen molar-refractivity contribution in [3.8, 4) is 0 Å². The maximum atomic E-state index is 12.8. The first-order chi connectivity index (χ1) is 10.2. The minimum atomic E-state index is 0.281. The molecule has 3 nitrogen and oxygen atoms in total. The van der Waals surface area contributed by atoms with Crippen molar-refractivity contribution < 1.29 is 9.53 Å². The van der Waals surface area contributed by atoms with Crippen LogP contribution in [0.1, 0.15) is 39.0 Å². The largest absolute Gasteiger partial charge is 0.381 e. The summed E-state index contributed by atoms with van der Waals surface area (Å²) in [5.74, 6) is 2.01. The molecule has 1 aliphatic carbocycles. The molecular formula is C18H27NO2. The highest BCUT2D eigenvalue weighted by atomic mass is 16.5. The van der Waals surface area contributed by atoms with Crippen LogP contribution < -0.4 is 0 Å². The van der Waals surface area contributed by atoms with Crippen molar-refractivity contribution in [1.29, 1.82) is 0 Å². The summed E-state index contributed by atoms with van der Waals surface area (Å²) < 4.78 is 5.61. The number of allylic oxidation sites excluding steroid dienone is 2. The molecular weight excluding hydrogens is 262 g/mol. The number of ether oxygens (including phenoxy) is 1. The highest BCUT2D eigenvalue weighted by Gasteiger charge is 2.52. The van der Waals surface area contributed by atoms with Crippen LogP contribution in [-0.4, -0.2) is 36.1 Å². The summed E-state index contributed by atoms with van der Waals surface area (Å²) in [7, 11) is 0. The van der Waals surface area contributed by atoms with Crippen LogP contribution >= 0.6 is 0 Å². The van der Waals surface area contributed by atoms with Gasteiger partial charge in [-0.3, -0.25) is 4.79 Å². The zero-order chi connectivity index (χ0) is 14.8. The summed E-state index contributed by atoms with van der Waals surface area (Å²) >= 11 is 0. The van der Waals surface area contributed by atoms with Crippen LogP contribution in [0.4, 0.5) is 0 Å². The van der Waals surface area contributed by atoms with Crippen LogP contribution in [0.3, 0.4) is 0 Å². The third-order valence-corrected chi connectivity index (χ3v) is 5.41. The molecule has 0 aromatic rings. The van der Waals surface area contributed by atoms with Crippen LogP contribution in [0, 0.1) is 17.8 Å².